The van der Waals surface area contributed by atoms with Gasteiger partial charge in [0.05, 0.1) is 14.2 Å². The Kier molecular flexibility index (Phi) is 17.5. The van der Waals surface area contributed by atoms with Crippen LogP contribution in [0, 0.1) is 5.41 Å². The molecule has 13 nitrogen and oxygen atoms in total. The zero-order valence-corrected chi connectivity index (χ0v) is 37.9. The molecule has 2 heterocycles. The van der Waals surface area contributed by atoms with Gasteiger partial charge in [-0.05, 0) is 60.4 Å². The molecule has 0 spiro atoms. The largest absolute Gasteiger partial charge is 0.697 e. The highest BCUT2D eigenvalue weighted by Crippen LogP contribution is 2.42. The van der Waals surface area contributed by atoms with Crippen LogP contribution in [0.25, 0.3) is 0 Å². The molecule has 4 aromatic rings. The highest BCUT2D eigenvalue weighted by molar-refractivity contribution is 8.13. The van der Waals surface area contributed by atoms with Gasteiger partial charge in [-0.2, -0.15) is 4.98 Å². The Balaban J connectivity index is 0.00000145. The van der Waals surface area contributed by atoms with Crippen LogP contribution in [0.5, 0.6) is 11.5 Å². The average molecular weight is 935 g/mol. The van der Waals surface area contributed by atoms with Crippen LogP contribution in [-0.2, 0) is 28.7 Å². The number of anilines is 1. The normalized spacial score (nSPS) is 19.7. The lowest BCUT2D eigenvalue weighted by molar-refractivity contribution is -0.118. The van der Waals surface area contributed by atoms with E-state index in [1.807, 2.05) is 99.6 Å². The second kappa shape index (κ2) is 21.2. The number of hydrogen-bond donors (Lipinski definition) is 3. The molecule has 1 fully saturated rings. The van der Waals surface area contributed by atoms with Crippen molar-refractivity contribution in [3.8, 4) is 11.5 Å². The highest BCUT2D eigenvalue weighted by atomic mass is 35.6. The van der Waals surface area contributed by atoms with Crippen molar-refractivity contribution in [1.82, 2.24) is 9.55 Å². The van der Waals surface area contributed by atoms with Gasteiger partial charge in [0.2, 0.25) is 0 Å². The van der Waals surface area contributed by atoms with E-state index in [0.29, 0.717) is 23.7 Å². The van der Waals surface area contributed by atoms with Crippen molar-refractivity contribution in [2.24, 2.45) is 5.41 Å². The van der Waals surface area contributed by atoms with E-state index >= 15 is 0 Å². The second-order valence-electron chi connectivity index (χ2n) is 14.1. The Hall–Kier alpha value is -2.98. The third-order valence-electron chi connectivity index (χ3n) is 9.70. The van der Waals surface area contributed by atoms with Crippen LogP contribution in [0.1, 0.15) is 57.0 Å². The average Bonchev–Trinajstić information content (AvgIpc) is 3.43. The molecular weight excluding hydrogens is 887 g/mol. The summed E-state index contributed by atoms with van der Waals surface area (Å²) in [6.07, 6.45) is -1.92. The SMILES string of the molecule is CCC(C)(C)C(=O)SCCO[P+](=O)OC[C@H]1O[C@@H](n2ccc(NC(c3ccccc3)(c3ccc(OC)cc3)c3ccc(OC)cc3)nc2=O)[C@@](C)(O)C1O.ClC(Cl)(Cl)Cl. The van der Waals surface area contributed by atoms with E-state index in [-0.39, 0.29) is 17.5 Å². The number of rotatable bonds is 17. The van der Waals surface area contributed by atoms with Crippen LogP contribution in [0.2, 0.25) is 0 Å². The maximum absolute atomic E-state index is 13.7. The zero-order chi connectivity index (χ0) is 43.6. The lowest BCUT2D eigenvalue weighted by Crippen LogP contribution is -2.46. The molecule has 1 aromatic heterocycles. The summed E-state index contributed by atoms with van der Waals surface area (Å²) in [6.45, 7) is 6.60. The van der Waals surface area contributed by atoms with Gasteiger partial charge in [-0.3, -0.25) is 9.36 Å². The monoisotopic (exact) mass is 932 g/mol. The van der Waals surface area contributed by atoms with E-state index in [4.69, 9.17) is 69.7 Å². The van der Waals surface area contributed by atoms with E-state index in [2.05, 4.69) is 10.3 Å². The summed E-state index contributed by atoms with van der Waals surface area (Å²) in [5.41, 5.74) is -1.74. The first kappa shape index (κ1) is 48.7. The lowest BCUT2D eigenvalue weighted by Gasteiger charge is -2.37. The number of aliphatic hydroxyl groups is 2. The van der Waals surface area contributed by atoms with Gasteiger partial charge in [-0.1, -0.05) is 134 Å². The van der Waals surface area contributed by atoms with E-state index in [1.54, 1.807) is 20.3 Å². The van der Waals surface area contributed by atoms with Crippen molar-refractivity contribution in [2.75, 3.05) is 38.5 Å². The summed E-state index contributed by atoms with van der Waals surface area (Å²) in [6, 6.07) is 26.5. The number of benzene rings is 3. The van der Waals surface area contributed by atoms with Crippen LogP contribution in [0.4, 0.5) is 5.82 Å². The van der Waals surface area contributed by atoms with Gasteiger partial charge in [0.1, 0.15) is 53.9 Å². The first-order chi connectivity index (χ1) is 27.8. The molecule has 19 heteroatoms. The topological polar surface area (TPSA) is 168 Å². The Morgan fingerprint density at radius 2 is 1.46 bits per heavy atom. The fourth-order valence-electron chi connectivity index (χ4n) is 6.07. The number of aromatic nitrogens is 2. The number of thioether (sulfide) groups is 1. The van der Waals surface area contributed by atoms with Crippen molar-refractivity contribution < 1.29 is 42.8 Å². The maximum Gasteiger partial charge on any atom is 0.697 e. The molecule has 0 saturated carbocycles. The number of nitrogens with one attached hydrogen (secondary N) is 1. The van der Waals surface area contributed by atoms with Crippen molar-refractivity contribution in [2.45, 2.75) is 66.9 Å². The number of alkyl halides is 4. The molecule has 59 heavy (non-hydrogen) atoms. The molecule has 320 valence electrons. The Morgan fingerprint density at radius 3 is 1.95 bits per heavy atom. The first-order valence-electron chi connectivity index (χ1n) is 18.2. The molecule has 2 unspecified atom stereocenters. The zero-order valence-electron chi connectivity index (χ0n) is 33.1. The minimum Gasteiger partial charge on any atom is -0.497 e. The molecule has 0 amide bonds. The van der Waals surface area contributed by atoms with Gasteiger partial charge >= 0.3 is 13.9 Å². The Morgan fingerprint density at radius 1 is 0.932 bits per heavy atom. The van der Waals surface area contributed by atoms with E-state index < -0.39 is 58.8 Å². The fourth-order valence-corrected chi connectivity index (χ4v) is 7.67. The second-order valence-corrected chi connectivity index (χ2v) is 19.5. The van der Waals surface area contributed by atoms with Crippen LogP contribution >= 0.6 is 66.4 Å². The van der Waals surface area contributed by atoms with Crippen LogP contribution in [0.3, 0.4) is 0 Å². The number of carbonyl (C=O) groups is 1. The Labute approximate surface area is 368 Å². The predicted molar refractivity (Wildman–Crippen MR) is 232 cm³/mol. The number of hydrogen-bond acceptors (Lipinski definition) is 13. The molecule has 3 aromatic carbocycles. The quantitative estimate of drug-likeness (QED) is 0.0399. The number of methoxy groups -OCH3 is 2. The summed E-state index contributed by atoms with van der Waals surface area (Å²) in [5.74, 6) is 1.85. The third kappa shape index (κ3) is 12.8. The third-order valence-corrected chi connectivity index (χ3v) is 11.6. The van der Waals surface area contributed by atoms with Gasteiger partial charge in [-0.15, -0.1) is 9.05 Å². The molecule has 0 bridgehead atoms. The fraction of sp³-hybridized carbons (Fsp3) is 0.425. The molecular formula is C40H47Cl4N3O10PS+. The van der Waals surface area contributed by atoms with Crippen molar-refractivity contribution in [3.63, 3.8) is 0 Å². The number of ether oxygens (including phenoxy) is 3. The number of halogens is 4. The van der Waals surface area contributed by atoms with Crippen LogP contribution in [-0.4, -0.2) is 79.1 Å². The lowest BCUT2D eigenvalue weighted by atomic mass is 9.77. The number of aliphatic hydroxyl groups excluding tert-OH is 1. The van der Waals surface area contributed by atoms with Gasteiger partial charge in [-0.25, -0.2) is 4.79 Å². The predicted octanol–water partition coefficient (Wildman–Crippen LogP) is 8.61. The molecule has 3 N–H and O–H groups in total. The summed E-state index contributed by atoms with van der Waals surface area (Å²) in [4.78, 5) is 30.4. The van der Waals surface area contributed by atoms with E-state index in [0.717, 1.165) is 33.0 Å². The summed E-state index contributed by atoms with van der Waals surface area (Å²) < 4.78 is 39.2. The minimum atomic E-state index is -2.62. The first-order valence-corrected chi connectivity index (χ1v) is 21.8. The van der Waals surface area contributed by atoms with Gasteiger partial charge in [0.15, 0.2) is 11.3 Å². The van der Waals surface area contributed by atoms with Crippen molar-refractivity contribution in [1.29, 1.82) is 0 Å². The molecule has 0 radical (unpaired) electrons. The van der Waals surface area contributed by atoms with Gasteiger partial charge in [0, 0.05) is 21.9 Å². The molecule has 0 aliphatic carbocycles. The molecule has 5 rings (SSSR count). The van der Waals surface area contributed by atoms with Crippen LogP contribution in [0.15, 0.2) is 95.9 Å². The standard InChI is InChI=1S/C39H46N3O10PS.CCl4/c1-7-37(2,3)35(44)54-24-23-50-53(47)51-25-31-33(43)38(4,46)34(52-31)42-22-21-32(40-36(42)45)41-39(26-11-9-8-10-12-26,27-13-17-29(48-5)18-14-27)28-15-19-30(49-6)20-16-28;2-1(3,4)5/h8-22,31,33-34,43,46H,7,23-25H2,1-6H3;/p+1/t31-,33?,34-,38+;/m1./s1. The number of carbonyl (C=O) groups excluding carboxylic acids is 1. The molecule has 1 aliphatic rings. The maximum atomic E-state index is 13.7. The van der Waals surface area contributed by atoms with E-state index in [1.165, 1.54) is 13.1 Å². The van der Waals surface area contributed by atoms with Gasteiger partial charge in [0.25, 0.3) is 3.25 Å². The molecule has 1 saturated heterocycles. The molecule has 1 aliphatic heterocycles. The van der Waals surface area contributed by atoms with Crippen molar-refractivity contribution in [3.05, 3.63) is 118 Å². The van der Waals surface area contributed by atoms with E-state index in [9.17, 15) is 24.4 Å². The number of nitrogens with zero attached hydrogens (tertiary/aromatic N) is 2. The minimum absolute atomic E-state index is 0.00373. The van der Waals surface area contributed by atoms with Crippen molar-refractivity contribution >= 4 is 77.4 Å². The van der Waals surface area contributed by atoms with Crippen LogP contribution < -0.4 is 20.5 Å². The summed E-state index contributed by atoms with van der Waals surface area (Å²) >= 11 is 20.4. The molecule has 5 atom stereocenters. The summed E-state index contributed by atoms with van der Waals surface area (Å²) in [5, 5.41) is 25.9. The smallest absolute Gasteiger partial charge is 0.497 e. The van der Waals surface area contributed by atoms with Gasteiger partial charge < -0.3 is 29.7 Å². The Bertz CT molecular complexity index is 2000. The highest BCUT2D eigenvalue weighted by Gasteiger charge is 2.54. The summed E-state index contributed by atoms with van der Waals surface area (Å²) in [7, 11) is 0.573.